The maximum atomic E-state index is 2.65. The largest absolute Gasteiger partial charge is 0.0722 e. The smallest absolute Gasteiger partial charge is 0.0679 e. The Morgan fingerprint density at radius 2 is 0.894 bits per heavy atom. The number of fused-ring (bicyclic) bond motifs is 2. The molecule has 0 saturated heterocycles. The molecule has 0 saturated carbocycles. The van der Waals surface area contributed by atoms with Gasteiger partial charge in [-0.15, -0.1) is 0 Å². The average molecular weight is 637 g/mol. The van der Waals surface area contributed by atoms with Gasteiger partial charge < -0.3 is 0 Å². The molecular weight excluding hydrogens is 581 g/mol. The lowest BCUT2D eigenvalue weighted by Gasteiger charge is -2.39. The van der Waals surface area contributed by atoms with Crippen LogP contribution < -0.4 is 0 Å². The molecule has 0 nitrogen and oxygen atoms in total. The van der Waals surface area contributed by atoms with Crippen LogP contribution in [0.2, 0.25) is 13.1 Å². The normalized spacial score (nSPS) is 17.0. The highest BCUT2D eigenvalue weighted by Crippen LogP contribution is 2.54. The molecule has 6 rings (SSSR count). The first-order valence-electron chi connectivity index (χ1n) is 18.6. The zero-order valence-electron chi connectivity index (χ0n) is 30.0. The lowest BCUT2D eigenvalue weighted by molar-refractivity contribution is 0.667. The van der Waals surface area contributed by atoms with Gasteiger partial charge in [-0.05, 0) is 95.2 Å². The van der Waals surface area contributed by atoms with Gasteiger partial charge in [-0.2, -0.15) is 0 Å². The Kier molecular flexibility index (Phi) is 10.5. The molecule has 4 aromatic carbocycles. The first kappa shape index (κ1) is 33.5. The lowest BCUT2D eigenvalue weighted by atomic mass is 9.95. The Bertz CT molecular complexity index is 1600. The first-order valence-corrected chi connectivity index (χ1v) is 21.8. The van der Waals surface area contributed by atoms with E-state index in [1.165, 1.54) is 109 Å². The molecule has 0 aliphatic heterocycles. The lowest BCUT2D eigenvalue weighted by Crippen LogP contribution is -2.42. The SMILES string of the molecule is CCCCCCc1ccc(-c2cccc3c2C=C(C)C3[Si](C)(C)C2C(C)=Cc3c(-c4ccc(CCCCCC)cc4)cccc32)cc1. The number of benzene rings is 4. The van der Waals surface area contributed by atoms with Crippen LogP contribution >= 0.6 is 0 Å². The zero-order chi connectivity index (χ0) is 33.0. The highest BCUT2D eigenvalue weighted by Gasteiger charge is 2.47. The van der Waals surface area contributed by atoms with Crippen LogP contribution in [-0.2, 0) is 12.8 Å². The Labute approximate surface area is 287 Å². The quantitative estimate of drug-likeness (QED) is 0.0954. The van der Waals surface area contributed by atoms with Gasteiger partial charge in [0.25, 0.3) is 0 Å². The minimum Gasteiger partial charge on any atom is -0.0679 e. The van der Waals surface area contributed by atoms with Gasteiger partial charge in [0.1, 0.15) is 0 Å². The van der Waals surface area contributed by atoms with Crippen molar-refractivity contribution < 1.29 is 0 Å². The third-order valence-electron chi connectivity index (χ3n) is 11.2. The van der Waals surface area contributed by atoms with Crippen molar-refractivity contribution in [3.63, 3.8) is 0 Å². The van der Waals surface area contributed by atoms with Gasteiger partial charge in [-0.25, -0.2) is 0 Å². The fourth-order valence-electron chi connectivity index (χ4n) is 8.96. The Hall–Kier alpha value is -3.42. The van der Waals surface area contributed by atoms with E-state index in [-0.39, 0.29) is 0 Å². The van der Waals surface area contributed by atoms with E-state index < -0.39 is 8.07 Å². The summed E-state index contributed by atoms with van der Waals surface area (Å²) in [6, 6.07) is 33.1. The van der Waals surface area contributed by atoms with Crippen molar-refractivity contribution in [1.29, 1.82) is 0 Å². The van der Waals surface area contributed by atoms with Crippen LogP contribution in [0, 0.1) is 0 Å². The predicted octanol–water partition coefficient (Wildman–Crippen LogP) is 13.8. The predicted molar refractivity (Wildman–Crippen MR) is 210 cm³/mol. The van der Waals surface area contributed by atoms with Crippen LogP contribution in [0.4, 0.5) is 0 Å². The third kappa shape index (κ3) is 6.93. The molecule has 1 heteroatoms. The Balaban J connectivity index is 1.26. The van der Waals surface area contributed by atoms with Crippen LogP contribution in [0.5, 0.6) is 0 Å². The van der Waals surface area contributed by atoms with E-state index in [0.717, 1.165) is 0 Å². The van der Waals surface area contributed by atoms with E-state index in [9.17, 15) is 0 Å². The van der Waals surface area contributed by atoms with Crippen molar-refractivity contribution in [2.45, 2.75) is 116 Å². The third-order valence-corrected chi connectivity index (χ3v) is 15.7. The minimum absolute atomic E-state index is 0.505. The van der Waals surface area contributed by atoms with Gasteiger partial charge in [-0.3, -0.25) is 0 Å². The maximum absolute atomic E-state index is 2.65. The zero-order valence-corrected chi connectivity index (χ0v) is 31.0. The van der Waals surface area contributed by atoms with Gasteiger partial charge in [0.2, 0.25) is 0 Å². The standard InChI is InChI=1S/C46H56Si/c1-7-9-11-13-17-35-23-27-37(28-24-35)39-19-15-21-41-43(39)31-33(3)45(41)47(5,6)46-34(4)32-44-40(20-16-22-42(44)46)38-29-25-36(26-30-38)18-14-12-10-8-2/h15-16,19-32,45-46H,7-14,17-18H2,1-6H3. The van der Waals surface area contributed by atoms with Crippen LogP contribution in [0.25, 0.3) is 34.4 Å². The molecule has 0 radical (unpaired) electrons. The van der Waals surface area contributed by atoms with E-state index in [4.69, 9.17) is 0 Å². The molecule has 244 valence electrons. The Morgan fingerprint density at radius 1 is 0.489 bits per heavy atom. The van der Waals surface area contributed by atoms with Gasteiger partial charge in [-0.1, -0.05) is 174 Å². The summed E-state index contributed by atoms with van der Waals surface area (Å²) in [5, 5.41) is 0. The van der Waals surface area contributed by atoms with Crippen LogP contribution in [0.1, 0.15) is 124 Å². The second-order valence-electron chi connectivity index (χ2n) is 15.1. The molecule has 0 N–H and O–H groups in total. The van der Waals surface area contributed by atoms with Crippen LogP contribution in [-0.4, -0.2) is 8.07 Å². The number of unbranched alkanes of at least 4 members (excludes halogenated alkanes) is 6. The molecule has 4 aromatic rings. The number of hydrogen-bond acceptors (Lipinski definition) is 0. The maximum Gasteiger partial charge on any atom is 0.0722 e. The monoisotopic (exact) mass is 636 g/mol. The number of allylic oxidation sites excluding steroid dienone is 2. The second kappa shape index (κ2) is 14.8. The molecule has 2 aliphatic carbocycles. The summed E-state index contributed by atoms with van der Waals surface area (Å²) < 4.78 is 0. The second-order valence-corrected chi connectivity index (χ2v) is 19.9. The van der Waals surface area contributed by atoms with Crippen molar-refractivity contribution in [3.8, 4) is 22.3 Å². The number of aryl methyl sites for hydroxylation is 2. The summed E-state index contributed by atoms with van der Waals surface area (Å²) in [5.41, 5.74) is 18.5. The molecule has 47 heavy (non-hydrogen) atoms. The molecular formula is C46H56Si. The number of rotatable bonds is 14. The van der Waals surface area contributed by atoms with Crippen molar-refractivity contribution in [3.05, 3.63) is 129 Å². The molecule has 0 heterocycles. The summed E-state index contributed by atoms with van der Waals surface area (Å²) in [7, 11) is -1.91. The summed E-state index contributed by atoms with van der Waals surface area (Å²) in [6.45, 7) is 14.7. The topological polar surface area (TPSA) is 0 Å². The van der Waals surface area contributed by atoms with E-state index in [1.54, 1.807) is 22.3 Å². The molecule has 0 bridgehead atoms. The molecule has 2 unspecified atom stereocenters. The molecule has 0 amide bonds. The van der Waals surface area contributed by atoms with Crippen molar-refractivity contribution in [2.75, 3.05) is 0 Å². The Morgan fingerprint density at radius 3 is 1.28 bits per heavy atom. The van der Waals surface area contributed by atoms with E-state index in [2.05, 4.69) is 138 Å². The van der Waals surface area contributed by atoms with Gasteiger partial charge >= 0.3 is 0 Å². The first-order chi connectivity index (χ1) is 22.8. The fourth-order valence-corrected chi connectivity index (χ4v) is 13.9. The molecule has 2 aliphatic rings. The van der Waals surface area contributed by atoms with E-state index in [0.29, 0.717) is 11.1 Å². The van der Waals surface area contributed by atoms with Crippen molar-refractivity contribution >= 4 is 20.2 Å². The highest BCUT2D eigenvalue weighted by molar-refractivity contribution is 6.81. The van der Waals surface area contributed by atoms with Crippen LogP contribution in [0.3, 0.4) is 0 Å². The summed E-state index contributed by atoms with van der Waals surface area (Å²) in [4.78, 5) is 0. The van der Waals surface area contributed by atoms with Crippen molar-refractivity contribution in [1.82, 2.24) is 0 Å². The van der Waals surface area contributed by atoms with Gasteiger partial charge in [0, 0.05) is 11.1 Å². The van der Waals surface area contributed by atoms with E-state index in [1.807, 2.05) is 0 Å². The summed E-state index contributed by atoms with van der Waals surface area (Å²) in [6.07, 6.45) is 18.0. The average Bonchev–Trinajstić information content (AvgIpc) is 3.62. The molecule has 0 aromatic heterocycles. The fraction of sp³-hybridized carbons (Fsp3) is 0.391. The molecule has 0 fully saturated rings. The summed E-state index contributed by atoms with van der Waals surface area (Å²) >= 11 is 0. The number of hydrogen-bond donors (Lipinski definition) is 0. The summed E-state index contributed by atoms with van der Waals surface area (Å²) in [5.74, 6) is 0. The van der Waals surface area contributed by atoms with Gasteiger partial charge in [0.15, 0.2) is 0 Å². The molecule has 2 atom stereocenters. The highest BCUT2D eigenvalue weighted by atomic mass is 28.3. The van der Waals surface area contributed by atoms with E-state index >= 15 is 0 Å². The molecule has 0 spiro atoms. The van der Waals surface area contributed by atoms with Gasteiger partial charge in [0.05, 0.1) is 8.07 Å². The van der Waals surface area contributed by atoms with Crippen LogP contribution in [0.15, 0.2) is 96.1 Å². The minimum atomic E-state index is -1.91. The van der Waals surface area contributed by atoms with Crippen molar-refractivity contribution in [2.24, 2.45) is 0 Å².